The Morgan fingerprint density at radius 2 is 1.89 bits per heavy atom. The minimum absolute atomic E-state index is 0.243. The number of pyridine rings is 1. The number of urea groups is 1. The maximum absolute atomic E-state index is 12.3. The van der Waals surface area contributed by atoms with E-state index in [1.54, 1.807) is 42.6 Å². The number of amides is 3. The number of halogens is 1. The largest absolute Gasteiger partial charge is 0.493 e. The van der Waals surface area contributed by atoms with Gasteiger partial charge in [-0.05, 0) is 69.5 Å². The summed E-state index contributed by atoms with van der Waals surface area (Å²) < 4.78 is 12.1. The fourth-order valence-corrected chi connectivity index (χ4v) is 4.78. The topological polar surface area (TPSA) is 119 Å². The van der Waals surface area contributed by atoms with E-state index in [0.29, 0.717) is 45.5 Å². The number of aromatic nitrogens is 1. The molecule has 2 aliphatic rings. The summed E-state index contributed by atoms with van der Waals surface area (Å²) in [5, 5.41) is 6.56. The van der Waals surface area contributed by atoms with Gasteiger partial charge in [0.25, 0.3) is 5.91 Å². The van der Waals surface area contributed by atoms with Crippen molar-refractivity contribution in [2.45, 2.75) is 44.6 Å². The Hall–Kier alpha value is -3.56. The number of benzene rings is 2. The number of nitrogens with one attached hydrogen (secondary N) is 2. The molecule has 0 spiro atoms. The number of piperidine rings is 1. The number of nitrogens with two attached hydrogens (primary N) is 1. The molecule has 1 aliphatic heterocycles. The molecule has 200 valence electrons. The van der Waals surface area contributed by atoms with E-state index >= 15 is 0 Å². The van der Waals surface area contributed by atoms with Crippen LogP contribution in [0.25, 0.3) is 10.9 Å². The van der Waals surface area contributed by atoms with Crippen LogP contribution in [-0.4, -0.2) is 54.1 Å². The maximum Gasteiger partial charge on any atom is 0.319 e. The third kappa shape index (κ3) is 6.65. The number of hydrogen-bond donors (Lipinski definition) is 3. The summed E-state index contributed by atoms with van der Waals surface area (Å²) in [5.74, 6) is 0.777. The monoisotopic (exact) mass is 537 g/mol. The highest BCUT2D eigenvalue weighted by atomic mass is 35.5. The Labute approximate surface area is 226 Å². The molecule has 0 atom stereocenters. The lowest BCUT2D eigenvalue weighted by Gasteiger charge is -2.26. The first-order valence-electron chi connectivity index (χ1n) is 13.1. The molecule has 3 aromatic rings. The van der Waals surface area contributed by atoms with E-state index in [2.05, 4.69) is 20.5 Å². The normalized spacial score (nSPS) is 15.7. The standard InChI is InChI=1S/C28H32ClN5O4/c29-22-15-19(7-8-23(22)33-28(36)32-18-5-6-18)38-25-9-10-31-24-17-26(21(27(30)35)16-20(24)25)37-14-4-13-34-11-2-1-3-12-34/h7-10,15-18H,1-6,11-14H2,(H2,30,35)(H2,32,33,36). The molecule has 2 aromatic carbocycles. The van der Waals surface area contributed by atoms with Crippen LogP contribution in [0.3, 0.4) is 0 Å². The third-order valence-electron chi connectivity index (χ3n) is 6.72. The van der Waals surface area contributed by atoms with E-state index < -0.39 is 5.91 Å². The summed E-state index contributed by atoms with van der Waals surface area (Å²) in [6, 6.07) is 10.0. The second kappa shape index (κ2) is 11.9. The van der Waals surface area contributed by atoms with Gasteiger partial charge in [0.05, 0.1) is 28.4 Å². The Morgan fingerprint density at radius 3 is 2.63 bits per heavy atom. The zero-order chi connectivity index (χ0) is 26.5. The van der Waals surface area contributed by atoms with Gasteiger partial charge in [-0.15, -0.1) is 0 Å². The number of primary amides is 1. The van der Waals surface area contributed by atoms with Crippen LogP contribution in [0, 0.1) is 0 Å². The Kier molecular flexibility index (Phi) is 8.14. The molecule has 3 amide bonds. The van der Waals surface area contributed by atoms with Crippen LogP contribution in [0.5, 0.6) is 17.2 Å². The Bertz CT molecular complexity index is 1320. The quantitative estimate of drug-likeness (QED) is 0.301. The second-order valence-corrected chi connectivity index (χ2v) is 10.2. The summed E-state index contributed by atoms with van der Waals surface area (Å²) in [4.78, 5) is 31.2. The van der Waals surface area contributed by atoms with Gasteiger partial charge in [0, 0.05) is 36.3 Å². The summed E-state index contributed by atoms with van der Waals surface area (Å²) >= 11 is 6.39. The number of carbonyl (C=O) groups is 2. The molecule has 1 saturated heterocycles. The fourth-order valence-electron chi connectivity index (χ4n) is 4.56. The van der Waals surface area contributed by atoms with E-state index in [0.717, 1.165) is 38.9 Å². The minimum atomic E-state index is -0.587. The van der Waals surface area contributed by atoms with Crippen molar-refractivity contribution in [2.75, 3.05) is 31.6 Å². The smallest absolute Gasteiger partial charge is 0.319 e. The lowest BCUT2D eigenvalue weighted by Crippen LogP contribution is -2.31. The molecule has 0 bridgehead atoms. The average Bonchev–Trinajstić information content (AvgIpc) is 3.72. The van der Waals surface area contributed by atoms with E-state index in [1.807, 2.05) is 0 Å². The van der Waals surface area contributed by atoms with Crippen molar-refractivity contribution in [1.82, 2.24) is 15.2 Å². The van der Waals surface area contributed by atoms with Gasteiger partial charge in [0.1, 0.15) is 17.2 Å². The molecule has 0 radical (unpaired) electrons. The first-order valence-corrected chi connectivity index (χ1v) is 13.5. The summed E-state index contributed by atoms with van der Waals surface area (Å²) in [6.45, 7) is 3.72. The SMILES string of the molecule is NC(=O)c1cc2c(Oc3ccc(NC(=O)NC4CC4)c(Cl)c3)ccnc2cc1OCCCN1CCCCC1. The van der Waals surface area contributed by atoms with E-state index in [4.69, 9.17) is 26.8 Å². The Morgan fingerprint density at radius 1 is 1.08 bits per heavy atom. The van der Waals surface area contributed by atoms with Gasteiger partial charge in [-0.1, -0.05) is 18.0 Å². The maximum atomic E-state index is 12.3. The molecular weight excluding hydrogens is 506 g/mol. The van der Waals surface area contributed by atoms with Crippen LogP contribution in [0.2, 0.25) is 5.02 Å². The first kappa shape index (κ1) is 26.1. The van der Waals surface area contributed by atoms with Crippen LogP contribution in [0.15, 0.2) is 42.6 Å². The number of fused-ring (bicyclic) bond motifs is 1. The van der Waals surface area contributed by atoms with Gasteiger partial charge in [0.2, 0.25) is 0 Å². The summed E-state index contributed by atoms with van der Waals surface area (Å²) in [6.07, 6.45) is 8.28. The number of ether oxygens (including phenoxy) is 2. The highest BCUT2D eigenvalue weighted by molar-refractivity contribution is 6.33. The third-order valence-corrected chi connectivity index (χ3v) is 7.04. The average molecular weight is 538 g/mol. The number of nitrogens with zero attached hydrogens (tertiary/aromatic N) is 2. The zero-order valence-corrected chi connectivity index (χ0v) is 21.9. The van der Waals surface area contributed by atoms with Gasteiger partial charge >= 0.3 is 6.03 Å². The van der Waals surface area contributed by atoms with Crippen molar-refractivity contribution in [3.05, 3.63) is 53.2 Å². The van der Waals surface area contributed by atoms with Crippen molar-refractivity contribution in [2.24, 2.45) is 5.73 Å². The number of rotatable bonds is 10. The molecule has 10 heteroatoms. The highest BCUT2D eigenvalue weighted by Crippen LogP contribution is 2.35. The molecule has 4 N–H and O–H groups in total. The Balaban J connectivity index is 1.29. The number of likely N-dealkylation sites (tertiary alicyclic amines) is 1. The van der Waals surface area contributed by atoms with Crippen LogP contribution in [0.1, 0.15) is 48.9 Å². The van der Waals surface area contributed by atoms with Crippen molar-refractivity contribution >= 4 is 40.1 Å². The number of hydrogen-bond acceptors (Lipinski definition) is 6. The van der Waals surface area contributed by atoms with Gasteiger partial charge in [0.15, 0.2) is 0 Å². The predicted molar refractivity (Wildman–Crippen MR) is 147 cm³/mol. The van der Waals surface area contributed by atoms with Gasteiger partial charge < -0.3 is 30.7 Å². The molecule has 0 unspecified atom stereocenters. The zero-order valence-electron chi connectivity index (χ0n) is 21.2. The minimum Gasteiger partial charge on any atom is -0.493 e. The fraction of sp³-hybridized carbons (Fsp3) is 0.393. The molecule has 9 nitrogen and oxygen atoms in total. The van der Waals surface area contributed by atoms with Crippen LogP contribution in [0.4, 0.5) is 10.5 Å². The molecule has 1 saturated carbocycles. The second-order valence-electron chi connectivity index (χ2n) is 9.76. The molecule has 2 heterocycles. The molecule has 1 aliphatic carbocycles. The van der Waals surface area contributed by atoms with E-state index in [-0.39, 0.29) is 17.6 Å². The van der Waals surface area contributed by atoms with Crippen LogP contribution >= 0.6 is 11.6 Å². The number of anilines is 1. The van der Waals surface area contributed by atoms with E-state index in [9.17, 15) is 9.59 Å². The highest BCUT2D eigenvalue weighted by Gasteiger charge is 2.23. The van der Waals surface area contributed by atoms with Crippen molar-refractivity contribution < 1.29 is 19.1 Å². The van der Waals surface area contributed by atoms with Gasteiger partial charge in [-0.2, -0.15) is 0 Å². The molecule has 38 heavy (non-hydrogen) atoms. The van der Waals surface area contributed by atoms with E-state index in [1.165, 1.54) is 19.3 Å². The predicted octanol–water partition coefficient (Wildman–Crippen LogP) is 5.32. The van der Waals surface area contributed by atoms with Crippen molar-refractivity contribution in [3.8, 4) is 17.2 Å². The molecular formula is C28H32ClN5O4. The summed E-state index contributed by atoms with van der Waals surface area (Å²) in [7, 11) is 0. The molecule has 2 fully saturated rings. The van der Waals surface area contributed by atoms with Crippen molar-refractivity contribution in [1.29, 1.82) is 0 Å². The van der Waals surface area contributed by atoms with Gasteiger partial charge in [-0.25, -0.2) is 4.79 Å². The number of carbonyl (C=O) groups excluding carboxylic acids is 2. The molecule has 5 rings (SSSR count). The lowest BCUT2D eigenvalue weighted by atomic mass is 10.1. The first-order chi connectivity index (χ1) is 18.5. The van der Waals surface area contributed by atoms with Crippen LogP contribution in [-0.2, 0) is 0 Å². The van der Waals surface area contributed by atoms with Gasteiger partial charge in [-0.3, -0.25) is 9.78 Å². The van der Waals surface area contributed by atoms with Crippen molar-refractivity contribution in [3.63, 3.8) is 0 Å². The van der Waals surface area contributed by atoms with Crippen LogP contribution < -0.4 is 25.8 Å². The summed E-state index contributed by atoms with van der Waals surface area (Å²) in [5.41, 5.74) is 7.06. The molecule has 1 aromatic heterocycles. The lowest BCUT2D eigenvalue weighted by molar-refractivity contribution is 0.0996.